The van der Waals surface area contributed by atoms with E-state index in [0.717, 1.165) is 23.4 Å². The number of benzene rings is 1. The number of hydrogen-bond donors (Lipinski definition) is 0. The molecule has 0 aliphatic heterocycles. The lowest BCUT2D eigenvalue weighted by Crippen LogP contribution is -2.39. The third-order valence-corrected chi connectivity index (χ3v) is 6.01. The summed E-state index contributed by atoms with van der Waals surface area (Å²) in [4.78, 5) is 30.5. The fraction of sp³-hybridized carbons (Fsp3) is 0.348. The molecule has 4 rings (SSSR count). The number of imidazole rings is 2. The van der Waals surface area contributed by atoms with E-state index in [0.29, 0.717) is 35.0 Å². The SMILES string of the molecule is C=CCn1c(=O)c2c(nc3n(CCc4ccc(OC)c(OC)c4)c(C)c(C)n23)n(C)c1=O. The molecular formula is C23H27N5O4. The molecule has 0 spiro atoms. The number of allylic oxidation sites excluding steroid dienone is 1. The summed E-state index contributed by atoms with van der Waals surface area (Å²) in [5.74, 6) is 2.00. The van der Waals surface area contributed by atoms with Crippen LogP contribution in [0.15, 0.2) is 40.4 Å². The van der Waals surface area contributed by atoms with Crippen molar-refractivity contribution in [3.8, 4) is 11.5 Å². The highest BCUT2D eigenvalue weighted by atomic mass is 16.5. The Kier molecular flexibility index (Phi) is 5.41. The van der Waals surface area contributed by atoms with Crippen molar-refractivity contribution in [1.82, 2.24) is 23.1 Å². The first kappa shape index (κ1) is 21.5. The Morgan fingerprint density at radius 2 is 1.78 bits per heavy atom. The largest absolute Gasteiger partial charge is 0.493 e. The molecule has 0 aliphatic carbocycles. The van der Waals surface area contributed by atoms with Gasteiger partial charge >= 0.3 is 5.69 Å². The lowest BCUT2D eigenvalue weighted by atomic mass is 10.1. The Balaban J connectivity index is 1.85. The van der Waals surface area contributed by atoms with Gasteiger partial charge in [-0.3, -0.25) is 18.3 Å². The van der Waals surface area contributed by atoms with Crippen molar-refractivity contribution in [2.24, 2.45) is 7.05 Å². The van der Waals surface area contributed by atoms with Gasteiger partial charge in [-0.25, -0.2) is 4.79 Å². The third kappa shape index (κ3) is 3.12. The second-order valence-electron chi connectivity index (χ2n) is 7.73. The van der Waals surface area contributed by atoms with Crippen molar-refractivity contribution >= 4 is 16.9 Å². The summed E-state index contributed by atoms with van der Waals surface area (Å²) in [7, 11) is 4.86. The molecule has 9 heteroatoms. The molecule has 0 bridgehead atoms. The number of aromatic nitrogens is 5. The second-order valence-corrected chi connectivity index (χ2v) is 7.73. The standard InChI is InChI=1S/C23H27N5O4/c1-7-11-27-21(29)19-20(25(4)23(27)30)24-22-26(14(2)15(3)28(19)22)12-10-16-8-9-17(31-5)18(13-16)32-6/h7-9,13H,1,10-12H2,2-6H3. The molecule has 0 N–H and O–H groups in total. The van der Waals surface area contributed by atoms with E-state index < -0.39 is 5.69 Å². The van der Waals surface area contributed by atoms with Crippen LogP contribution in [0.3, 0.4) is 0 Å². The van der Waals surface area contributed by atoms with E-state index in [4.69, 9.17) is 14.5 Å². The zero-order valence-corrected chi connectivity index (χ0v) is 19.0. The molecule has 1 aromatic carbocycles. The fourth-order valence-corrected chi connectivity index (χ4v) is 4.15. The van der Waals surface area contributed by atoms with Gasteiger partial charge in [-0.15, -0.1) is 6.58 Å². The normalized spacial score (nSPS) is 11.4. The molecular weight excluding hydrogens is 410 g/mol. The average Bonchev–Trinajstić information content (AvgIpc) is 3.29. The number of aryl methyl sites for hydroxylation is 4. The van der Waals surface area contributed by atoms with Gasteiger partial charge in [-0.05, 0) is 38.0 Å². The highest BCUT2D eigenvalue weighted by molar-refractivity contribution is 5.76. The highest BCUT2D eigenvalue weighted by Crippen LogP contribution is 2.28. The van der Waals surface area contributed by atoms with Gasteiger partial charge in [0.15, 0.2) is 22.7 Å². The van der Waals surface area contributed by atoms with Gasteiger partial charge < -0.3 is 14.0 Å². The molecule has 0 radical (unpaired) electrons. The van der Waals surface area contributed by atoms with E-state index in [2.05, 4.69) is 11.1 Å². The number of fused-ring (bicyclic) bond motifs is 3. The van der Waals surface area contributed by atoms with Crippen molar-refractivity contribution in [3.63, 3.8) is 0 Å². The Hall–Kier alpha value is -3.75. The van der Waals surface area contributed by atoms with Gasteiger partial charge in [-0.1, -0.05) is 12.1 Å². The Bertz CT molecular complexity index is 1470. The monoisotopic (exact) mass is 437 g/mol. The van der Waals surface area contributed by atoms with E-state index in [1.54, 1.807) is 27.3 Å². The molecule has 3 aromatic heterocycles. The topological polar surface area (TPSA) is 84.7 Å². The predicted octanol–water partition coefficient (Wildman–Crippen LogP) is 2.21. The molecule has 0 amide bonds. The number of rotatable bonds is 7. The van der Waals surface area contributed by atoms with Crippen LogP contribution >= 0.6 is 0 Å². The average molecular weight is 438 g/mol. The summed E-state index contributed by atoms with van der Waals surface area (Å²) in [6, 6.07) is 5.85. The van der Waals surface area contributed by atoms with Crippen LogP contribution in [0.5, 0.6) is 11.5 Å². The minimum Gasteiger partial charge on any atom is -0.493 e. The molecule has 0 aliphatic rings. The lowest BCUT2D eigenvalue weighted by Gasteiger charge is -2.11. The maximum atomic E-state index is 13.2. The van der Waals surface area contributed by atoms with E-state index in [1.165, 1.54) is 9.13 Å². The summed E-state index contributed by atoms with van der Waals surface area (Å²) in [5.41, 5.74) is 3.01. The number of nitrogens with zero attached hydrogens (tertiary/aromatic N) is 5. The number of hydrogen-bond acceptors (Lipinski definition) is 5. The highest BCUT2D eigenvalue weighted by Gasteiger charge is 2.22. The van der Waals surface area contributed by atoms with E-state index in [9.17, 15) is 9.59 Å². The summed E-state index contributed by atoms with van der Waals surface area (Å²) < 4.78 is 17.3. The van der Waals surface area contributed by atoms with Crippen molar-refractivity contribution in [2.75, 3.05) is 14.2 Å². The molecule has 0 unspecified atom stereocenters. The van der Waals surface area contributed by atoms with E-state index >= 15 is 0 Å². The first-order chi connectivity index (χ1) is 15.3. The summed E-state index contributed by atoms with van der Waals surface area (Å²) in [6.45, 7) is 8.42. The van der Waals surface area contributed by atoms with E-state index in [-0.39, 0.29) is 12.1 Å². The van der Waals surface area contributed by atoms with Crippen LogP contribution in [0.25, 0.3) is 16.9 Å². The van der Waals surface area contributed by atoms with Crippen molar-refractivity contribution < 1.29 is 9.47 Å². The molecule has 3 heterocycles. The zero-order chi connectivity index (χ0) is 23.2. The third-order valence-electron chi connectivity index (χ3n) is 6.01. The summed E-state index contributed by atoms with van der Waals surface area (Å²) in [6.07, 6.45) is 2.27. The van der Waals surface area contributed by atoms with Crippen molar-refractivity contribution in [1.29, 1.82) is 0 Å². The molecule has 0 saturated carbocycles. The molecule has 168 valence electrons. The minimum atomic E-state index is -0.408. The molecule has 32 heavy (non-hydrogen) atoms. The van der Waals surface area contributed by atoms with Crippen LogP contribution < -0.4 is 20.7 Å². The fourth-order valence-electron chi connectivity index (χ4n) is 4.15. The Labute approximate surface area is 184 Å². The van der Waals surface area contributed by atoms with Gasteiger partial charge in [0.1, 0.15) is 0 Å². The first-order valence-electron chi connectivity index (χ1n) is 10.3. The number of methoxy groups -OCH3 is 2. The molecule has 4 aromatic rings. The summed E-state index contributed by atoms with van der Waals surface area (Å²) in [5, 5.41) is 0. The number of ether oxygens (including phenoxy) is 2. The van der Waals surface area contributed by atoms with Gasteiger partial charge in [0.25, 0.3) is 5.56 Å². The predicted molar refractivity (Wildman–Crippen MR) is 123 cm³/mol. The minimum absolute atomic E-state index is 0.146. The van der Waals surface area contributed by atoms with Crippen LogP contribution in [0.4, 0.5) is 0 Å². The lowest BCUT2D eigenvalue weighted by molar-refractivity contribution is 0.354. The maximum absolute atomic E-state index is 13.2. The second kappa shape index (κ2) is 8.07. The van der Waals surface area contributed by atoms with Crippen molar-refractivity contribution in [3.05, 3.63) is 68.6 Å². The van der Waals surface area contributed by atoms with Gasteiger partial charge in [0.05, 0.1) is 14.2 Å². The molecule has 9 nitrogen and oxygen atoms in total. The van der Waals surface area contributed by atoms with Crippen LogP contribution in [0.1, 0.15) is 17.0 Å². The van der Waals surface area contributed by atoms with Crippen LogP contribution in [0.2, 0.25) is 0 Å². The zero-order valence-electron chi connectivity index (χ0n) is 19.0. The first-order valence-corrected chi connectivity index (χ1v) is 10.3. The molecule has 0 fully saturated rings. The van der Waals surface area contributed by atoms with Crippen LogP contribution in [-0.4, -0.2) is 37.3 Å². The van der Waals surface area contributed by atoms with Crippen molar-refractivity contribution in [2.45, 2.75) is 33.4 Å². The van der Waals surface area contributed by atoms with Crippen LogP contribution in [0, 0.1) is 13.8 Å². The summed E-state index contributed by atoms with van der Waals surface area (Å²) >= 11 is 0. The van der Waals surface area contributed by atoms with Gasteiger partial charge in [0, 0.05) is 31.5 Å². The van der Waals surface area contributed by atoms with E-state index in [1.807, 2.05) is 36.4 Å². The van der Waals surface area contributed by atoms with Gasteiger partial charge in [-0.2, -0.15) is 4.98 Å². The Morgan fingerprint density at radius 1 is 1.06 bits per heavy atom. The molecule has 0 saturated heterocycles. The smallest absolute Gasteiger partial charge is 0.332 e. The quantitative estimate of drug-likeness (QED) is 0.414. The Morgan fingerprint density at radius 3 is 2.44 bits per heavy atom. The van der Waals surface area contributed by atoms with Gasteiger partial charge in [0.2, 0.25) is 5.78 Å². The maximum Gasteiger partial charge on any atom is 0.332 e. The van der Waals surface area contributed by atoms with Crippen LogP contribution in [-0.2, 0) is 26.6 Å². The molecule has 0 atom stereocenters.